The number of rotatable bonds is 6. The third kappa shape index (κ3) is 4.38. The highest BCUT2D eigenvalue weighted by Gasteiger charge is 2.17. The second-order valence-corrected chi connectivity index (χ2v) is 5.59. The number of fused-ring (bicyclic) bond motifs is 1. The summed E-state index contributed by atoms with van der Waals surface area (Å²) in [4.78, 5) is 27.7. The number of benzene rings is 1. The molecule has 0 saturated heterocycles. The zero-order valence-electron chi connectivity index (χ0n) is 14.3. The number of carbonyl (C=O) groups excluding carboxylic acids is 2. The van der Waals surface area contributed by atoms with Crippen molar-refractivity contribution in [3.05, 3.63) is 48.0 Å². The molecule has 2 heterocycles. The van der Waals surface area contributed by atoms with Gasteiger partial charge in [0, 0.05) is 11.6 Å². The van der Waals surface area contributed by atoms with E-state index >= 15 is 0 Å². The Morgan fingerprint density at radius 3 is 3.04 bits per heavy atom. The van der Waals surface area contributed by atoms with Crippen molar-refractivity contribution in [2.75, 3.05) is 23.8 Å². The SMILES string of the molecule is CCCOc1ccccc1/C=C/C(=O)Nc1ccc2c(n1)NC(=O)CO2. The Morgan fingerprint density at radius 2 is 2.19 bits per heavy atom. The van der Waals surface area contributed by atoms with E-state index in [-0.39, 0.29) is 18.4 Å². The summed E-state index contributed by atoms with van der Waals surface area (Å²) in [5.74, 6) is 1.19. The molecule has 0 spiro atoms. The highest BCUT2D eigenvalue weighted by molar-refractivity contribution is 6.02. The van der Waals surface area contributed by atoms with Crippen molar-refractivity contribution in [2.45, 2.75) is 13.3 Å². The molecule has 7 heteroatoms. The van der Waals surface area contributed by atoms with Gasteiger partial charge >= 0.3 is 0 Å². The molecule has 3 rings (SSSR count). The molecule has 0 aliphatic carbocycles. The minimum absolute atomic E-state index is 0.0391. The summed E-state index contributed by atoms with van der Waals surface area (Å²) in [6.45, 7) is 2.61. The molecule has 0 saturated carbocycles. The lowest BCUT2D eigenvalue weighted by atomic mass is 10.2. The van der Waals surface area contributed by atoms with Crippen LogP contribution < -0.4 is 20.1 Å². The molecule has 0 unspecified atom stereocenters. The fourth-order valence-corrected chi connectivity index (χ4v) is 2.33. The van der Waals surface area contributed by atoms with Gasteiger partial charge in [0.15, 0.2) is 18.2 Å². The fourth-order valence-electron chi connectivity index (χ4n) is 2.33. The summed E-state index contributed by atoms with van der Waals surface area (Å²) in [5, 5.41) is 5.25. The minimum Gasteiger partial charge on any atom is -0.493 e. The van der Waals surface area contributed by atoms with Gasteiger partial charge < -0.3 is 20.1 Å². The van der Waals surface area contributed by atoms with Gasteiger partial charge in [0.25, 0.3) is 5.91 Å². The molecule has 0 radical (unpaired) electrons. The number of amides is 2. The second kappa shape index (κ2) is 8.15. The lowest BCUT2D eigenvalue weighted by Crippen LogP contribution is -2.26. The summed E-state index contributed by atoms with van der Waals surface area (Å²) < 4.78 is 10.9. The second-order valence-electron chi connectivity index (χ2n) is 5.59. The Morgan fingerprint density at radius 1 is 1.35 bits per heavy atom. The number of anilines is 2. The first kappa shape index (κ1) is 17.5. The van der Waals surface area contributed by atoms with Crippen molar-refractivity contribution >= 4 is 29.5 Å². The van der Waals surface area contributed by atoms with Gasteiger partial charge in [-0.25, -0.2) is 4.98 Å². The molecular weight excluding hydrogens is 334 g/mol. The lowest BCUT2D eigenvalue weighted by Gasteiger charge is -2.17. The van der Waals surface area contributed by atoms with Gasteiger partial charge in [-0.1, -0.05) is 25.1 Å². The Balaban J connectivity index is 1.67. The maximum absolute atomic E-state index is 12.1. The number of aromatic nitrogens is 1. The molecule has 1 aromatic carbocycles. The number of pyridine rings is 1. The highest BCUT2D eigenvalue weighted by Crippen LogP contribution is 2.27. The normalized spacial score (nSPS) is 12.9. The fraction of sp³-hybridized carbons (Fsp3) is 0.211. The van der Waals surface area contributed by atoms with Gasteiger partial charge in [-0.05, 0) is 30.7 Å². The quantitative estimate of drug-likeness (QED) is 0.780. The molecule has 0 atom stereocenters. The Hall–Kier alpha value is -3.35. The molecule has 0 bridgehead atoms. The maximum atomic E-state index is 12.1. The van der Waals surface area contributed by atoms with Crippen LogP contribution in [0.5, 0.6) is 11.5 Å². The van der Waals surface area contributed by atoms with Gasteiger partial charge in [0.05, 0.1) is 6.61 Å². The molecule has 2 amide bonds. The third-order valence-corrected chi connectivity index (χ3v) is 3.52. The average Bonchev–Trinajstić information content (AvgIpc) is 2.65. The van der Waals surface area contributed by atoms with E-state index in [0.717, 1.165) is 17.7 Å². The van der Waals surface area contributed by atoms with E-state index in [9.17, 15) is 9.59 Å². The first-order valence-corrected chi connectivity index (χ1v) is 8.30. The Labute approximate surface area is 151 Å². The average molecular weight is 353 g/mol. The van der Waals surface area contributed by atoms with Crippen LogP contribution in [-0.2, 0) is 9.59 Å². The van der Waals surface area contributed by atoms with E-state index in [1.807, 2.05) is 31.2 Å². The van der Waals surface area contributed by atoms with Crippen LogP contribution in [0.3, 0.4) is 0 Å². The Kier molecular flexibility index (Phi) is 5.48. The van der Waals surface area contributed by atoms with Crippen molar-refractivity contribution < 1.29 is 19.1 Å². The summed E-state index contributed by atoms with van der Waals surface area (Å²) in [5.41, 5.74) is 0.815. The van der Waals surface area contributed by atoms with Crippen LogP contribution >= 0.6 is 0 Å². The molecule has 2 N–H and O–H groups in total. The van der Waals surface area contributed by atoms with E-state index in [2.05, 4.69) is 15.6 Å². The number of para-hydroxylation sites is 1. The van der Waals surface area contributed by atoms with E-state index < -0.39 is 0 Å². The predicted molar refractivity (Wildman–Crippen MR) is 98.3 cm³/mol. The van der Waals surface area contributed by atoms with Crippen molar-refractivity contribution in [1.29, 1.82) is 0 Å². The molecular formula is C19H19N3O4. The molecule has 26 heavy (non-hydrogen) atoms. The van der Waals surface area contributed by atoms with Gasteiger partial charge in [0.2, 0.25) is 5.91 Å². The van der Waals surface area contributed by atoms with Gasteiger partial charge in [-0.3, -0.25) is 9.59 Å². The number of hydrogen-bond acceptors (Lipinski definition) is 5. The van der Waals surface area contributed by atoms with E-state index in [4.69, 9.17) is 9.47 Å². The number of ether oxygens (including phenoxy) is 2. The third-order valence-electron chi connectivity index (χ3n) is 3.52. The van der Waals surface area contributed by atoms with Crippen LogP contribution in [0, 0.1) is 0 Å². The summed E-state index contributed by atoms with van der Waals surface area (Å²) >= 11 is 0. The maximum Gasteiger partial charge on any atom is 0.263 e. The van der Waals surface area contributed by atoms with E-state index in [1.165, 1.54) is 6.08 Å². The van der Waals surface area contributed by atoms with Crippen LogP contribution in [0.25, 0.3) is 6.08 Å². The van der Waals surface area contributed by atoms with Crippen LogP contribution in [0.15, 0.2) is 42.5 Å². The van der Waals surface area contributed by atoms with Crippen molar-refractivity contribution in [3.8, 4) is 11.5 Å². The minimum atomic E-state index is -0.342. The molecule has 134 valence electrons. The predicted octanol–water partition coefficient (Wildman–Crippen LogP) is 2.85. The smallest absolute Gasteiger partial charge is 0.263 e. The van der Waals surface area contributed by atoms with E-state index in [1.54, 1.807) is 18.2 Å². The van der Waals surface area contributed by atoms with Gasteiger partial charge in [-0.2, -0.15) is 0 Å². The highest BCUT2D eigenvalue weighted by atomic mass is 16.5. The molecule has 1 aliphatic rings. The van der Waals surface area contributed by atoms with Crippen LogP contribution in [0.2, 0.25) is 0 Å². The Bertz CT molecular complexity index is 848. The molecule has 7 nitrogen and oxygen atoms in total. The molecule has 1 aromatic heterocycles. The summed E-state index contributed by atoms with van der Waals surface area (Å²) in [6.07, 6.45) is 4.00. The lowest BCUT2D eigenvalue weighted by molar-refractivity contribution is -0.118. The first-order chi connectivity index (χ1) is 12.7. The topological polar surface area (TPSA) is 89.5 Å². The summed E-state index contributed by atoms with van der Waals surface area (Å²) in [7, 11) is 0. The summed E-state index contributed by atoms with van der Waals surface area (Å²) in [6, 6.07) is 10.8. The van der Waals surface area contributed by atoms with Crippen molar-refractivity contribution in [2.24, 2.45) is 0 Å². The van der Waals surface area contributed by atoms with Crippen LogP contribution in [0.1, 0.15) is 18.9 Å². The molecule has 2 aromatic rings. The zero-order valence-corrected chi connectivity index (χ0v) is 14.3. The van der Waals surface area contributed by atoms with E-state index in [0.29, 0.717) is 24.0 Å². The number of carbonyl (C=O) groups is 2. The largest absolute Gasteiger partial charge is 0.493 e. The first-order valence-electron chi connectivity index (χ1n) is 8.30. The number of hydrogen-bond donors (Lipinski definition) is 2. The van der Waals surface area contributed by atoms with Crippen LogP contribution in [-0.4, -0.2) is 30.0 Å². The molecule has 0 fully saturated rings. The van der Waals surface area contributed by atoms with Crippen molar-refractivity contribution in [1.82, 2.24) is 4.98 Å². The monoisotopic (exact) mass is 353 g/mol. The van der Waals surface area contributed by atoms with Crippen LogP contribution in [0.4, 0.5) is 11.6 Å². The zero-order chi connectivity index (χ0) is 18.4. The van der Waals surface area contributed by atoms with Gasteiger partial charge in [0.1, 0.15) is 11.6 Å². The van der Waals surface area contributed by atoms with Gasteiger partial charge in [-0.15, -0.1) is 0 Å². The molecule has 1 aliphatic heterocycles. The standard InChI is InChI=1S/C19H19N3O4/c1-2-11-25-14-6-4-3-5-13(14)7-10-17(23)20-16-9-8-15-19(21-16)22-18(24)12-26-15/h3-10H,2,11-12H2,1H3,(H2,20,21,22,23,24)/b10-7+. The number of nitrogens with zero attached hydrogens (tertiary/aromatic N) is 1. The van der Waals surface area contributed by atoms with Crippen molar-refractivity contribution in [3.63, 3.8) is 0 Å². The number of nitrogens with one attached hydrogen (secondary N) is 2.